The second-order valence-electron chi connectivity index (χ2n) is 8.32. The molecule has 0 saturated carbocycles. The summed E-state index contributed by atoms with van der Waals surface area (Å²) in [5.74, 6) is -1.60. The predicted molar refractivity (Wildman–Crippen MR) is 124 cm³/mol. The average Bonchev–Trinajstić information content (AvgIpc) is 2.77. The molecule has 2 aromatic rings. The number of carbonyl (C=O) groups excluding carboxylic acids is 1. The number of ether oxygens (including phenoxy) is 1. The van der Waals surface area contributed by atoms with Crippen LogP contribution < -0.4 is 5.32 Å². The monoisotopic (exact) mass is 455 g/mol. The van der Waals surface area contributed by atoms with Crippen LogP contribution in [0.1, 0.15) is 56.6 Å². The summed E-state index contributed by atoms with van der Waals surface area (Å²) in [6, 6.07) is 13.1. The number of aliphatic hydroxyl groups is 1. The van der Waals surface area contributed by atoms with E-state index in [4.69, 9.17) is 9.84 Å². The van der Waals surface area contributed by atoms with Gasteiger partial charge in [-0.2, -0.15) is 0 Å². The zero-order valence-electron chi connectivity index (χ0n) is 18.9. The first-order valence-corrected chi connectivity index (χ1v) is 11.3. The normalized spacial score (nSPS) is 19.2. The SMILES string of the molecule is CCCC1OC(=O)C(C(CC)c2cccc(NC(=O)O)c2)=C(O)C1CCc1ccc(F)cc1. The lowest BCUT2D eigenvalue weighted by atomic mass is 9.80. The largest absolute Gasteiger partial charge is 0.511 e. The van der Waals surface area contributed by atoms with E-state index in [9.17, 15) is 19.1 Å². The maximum atomic E-state index is 13.2. The minimum atomic E-state index is -1.18. The van der Waals surface area contributed by atoms with Crippen LogP contribution in [0.5, 0.6) is 0 Å². The molecule has 3 atom stereocenters. The Labute approximate surface area is 193 Å². The number of amides is 1. The molecular weight excluding hydrogens is 425 g/mol. The quantitative estimate of drug-likeness (QED) is 0.392. The second-order valence-corrected chi connectivity index (χ2v) is 8.32. The Bertz CT molecular complexity index is 1020. The first-order chi connectivity index (χ1) is 15.8. The van der Waals surface area contributed by atoms with Gasteiger partial charge in [0, 0.05) is 11.6 Å². The molecule has 3 N–H and O–H groups in total. The van der Waals surface area contributed by atoms with Crippen LogP contribution >= 0.6 is 0 Å². The average molecular weight is 456 g/mol. The molecule has 0 radical (unpaired) electrons. The van der Waals surface area contributed by atoms with Gasteiger partial charge in [0.2, 0.25) is 0 Å². The number of cyclic esters (lactones) is 1. The van der Waals surface area contributed by atoms with Crippen LogP contribution in [-0.2, 0) is 16.0 Å². The van der Waals surface area contributed by atoms with Crippen molar-refractivity contribution in [2.24, 2.45) is 5.92 Å². The summed E-state index contributed by atoms with van der Waals surface area (Å²) in [6.45, 7) is 3.90. The number of anilines is 1. The van der Waals surface area contributed by atoms with E-state index in [-0.39, 0.29) is 23.1 Å². The first-order valence-electron chi connectivity index (χ1n) is 11.3. The van der Waals surface area contributed by atoms with Crippen LogP contribution in [0, 0.1) is 11.7 Å². The van der Waals surface area contributed by atoms with Crippen molar-refractivity contribution in [1.29, 1.82) is 0 Å². The van der Waals surface area contributed by atoms with E-state index >= 15 is 0 Å². The topological polar surface area (TPSA) is 95.9 Å². The molecule has 176 valence electrons. The fourth-order valence-electron chi connectivity index (χ4n) is 4.49. The van der Waals surface area contributed by atoms with Crippen molar-refractivity contribution >= 4 is 17.7 Å². The third-order valence-corrected chi connectivity index (χ3v) is 6.08. The Morgan fingerprint density at radius 2 is 1.88 bits per heavy atom. The number of nitrogens with one attached hydrogen (secondary N) is 1. The van der Waals surface area contributed by atoms with E-state index < -0.39 is 24.1 Å². The molecule has 7 heteroatoms. The molecule has 0 bridgehead atoms. The summed E-state index contributed by atoms with van der Waals surface area (Å²) in [6.07, 6.45) is 1.50. The van der Waals surface area contributed by atoms with Gasteiger partial charge in [0.25, 0.3) is 0 Å². The number of hydrogen-bond acceptors (Lipinski definition) is 4. The molecule has 1 heterocycles. The van der Waals surface area contributed by atoms with Gasteiger partial charge in [-0.1, -0.05) is 44.5 Å². The van der Waals surface area contributed by atoms with E-state index in [1.54, 1.807) is 36.4 Å². The van der Waals surface area contributed by atoms with Gasteiger partial charge in [0.05, 0.1) is 11.5 Å². The van der Waals surface area contributed by atoms with Crippen LogP contribution in [0.4, 0.5) is 14.9 Å². The van der Waals surface area contributed by atoms with Crippen LogP contribution in [0.15, 0.2) is 59.9 Å². The fourth-order valence-corrected chi connectivity index (χ4v) is 4.49. The van der Waals surface area contributed by atoms with Gasteiger partial charge in [-0.3, -0.25) is 5.32 Å². The summed E-state index contributed by atoms with van der Waals surface area (Å²) in [7, 11) is 0. The van der Waals surface area contributed by atoms with Crippen LogP contribution in [-0.4, -0.2) is 28.4 Å². The highest BCUT2D eigenvalue weighted by atomic mass is 19.1. The van der Waals surface area contributed by atoms with Crippen LogP contribution in [0.25, 0.3) is 0 Å². The highest BCUT2D eigenvalue weighted by Gasteiger charge is 2.40. The third-order valence-electron chi connectivity index (χ3n) is 6.08. The van der Waals surface area contributed by atoms with Crippen molar-refractivity contribution < 1.29 is 28.9 Å². The molecular formula is C26H30FNO5. The number of hydrogen-bond donors (Lipinski definition) is 3. The van der Waals surface area contributed by atoms with Gasteiger partial charge in [-0.25, -0.2) is 14.0 Å². The van der Waals surface area contributed by atoms with Crippen molar-refractivity contribution in [1.82, 2.24) is 0 Å². The number of carboxylic acid groups (broad SMARTS) is 1. The zero-order valence-corrected chi connectivity index (χ0v) is 18.9. The van der Waals surface area contributed by atoms with E-state index in [2.05, 4.69) is 5.32 Å². The first kappa shape index (κ1) is 24.3. The summed E-state index contributed by atoms with van der Waals surface area (Å²) < 4.78 is 19.0. The fraction of sp³-hybridized carbons (Fsp3) is 0.385. The number of rotatable bonds is 9. The molecule has 0 aromatic heterocycles. The minimum Gasteiger partial charge on any atom is -0.511 e. The molecule has 6 nitrogen and oxygen atoms in total. The van der Waals surface area contributed by atoms with Crippen LogP contribution in [0.2, 0.25) is 0 Å². The highest BCUT2D eigenvalue weighted by Crippen LogP contribution is 2.40. The van der Waals surface area contributed by atoms with Gasteiger partial charge in [0.15, 0.2) is 0 Å². The molecule has 1 aliphatic rings. The summed E-state index contributed by atoms with van der Waals surface area (Å²) in [5.41, 5.74) is 2.27. The Balaban J connectivity index is 1.94. The van der Waals surface area contributed by atoms with E-state index in [1.807, 2.05) is 13.8 Å². The van der Waals surface area contributed by atoms with Gasteiger partial charge in [-0.15, -0.1) is 0 Å². The summed E-state index contributed by atoms with van der Waals surface area (Å²) in [4.78, 5) is 24.0. The maximum absolute atomic E-state index is 13.2. The molecule has 0 aliphatic carbocycles. The van der Waals surface area contributed by atoms with Crippen molar-refractivity contribution in [3.05, 3.63) is 76.8 Å². The van der Waals surface area contributed by atoms with E-state index in [1.165, 1.54) is 12.1 Å². The number of aliphatic hydroxyl groups excluding tert-OH is 1. The molecule has 0 saturated heterocycles. The Morgan fingerprint density at radius 1 is 1.15 bits per heavy atom. The molecule has 3 unspecified atom stereocenters. The smallest absolute Gasteiger partial charge is 0.409 e. The molecule has 1 amide bonds. The number of benzene rings is 2. The number of esters is 1. The summed E-state index contributed by atoms with van der Waals surface area (Å²) in [5, 5.41) is 22.6. The standard InChI is InChI=1S/C26H30FNO5/c1-3-6-22-21(14-11-16-9-12-18(27)13-10-16)24(29)23(25(30)33-22)20(4-2)17-7-5-8-19(15-17)28-26(31)32/h5,7-10,12-13,15,20-22,28-29H,3-4,6,11,14H2,1-2H3,(H,31,32). The lowest BCUT2D eigenvalue weighted by molar-refractivity contribution is -0.151. The lowest BCUT2D eigenvalue weighted by Crippen LogP contribution is -2.37. The minimum absolute atomic E-state index is 0.0373. The van der Waals surface area contributed by atoms with Gasteiger partial charge >= 0.3 is 12.1 Å². The zero-order chi connectivity index (χ0) is 24.0. The number of carbonyl (C=O) groups is 2. The van der Waals surface area contributed by atoms with E-state index in [0.717, 1.165) is 12.0 Å². The van der Waals surface area contributed by atoms with Crippen molar-refractivity contribution in [3.8, 4) is 0 Å². The van der Waals surface area contributed by atoms with E-state index in [0.29, 0.717) is 36.9 Å². The molecule has 1 aliphatic heterocycles. The van der Waals surface area contributed by atoms with Crippen molar-refractivity contribution in [2.45, 2.75) is 58.0 Å². The van der Waals surface area contributed by atoms with Crippen molar-refractivity contribution in [2.75, 3.05) is 5.32 Å². The molecule has 33 heavy (non-hydrogen) atoms. The Morgan fingerprint density at radius 3 is 2.52 bits per heavy atom. The molecule has 2 aromatic carbocycles. The lowest BCUT2D eigenvalue weighted by Gasteiger charge is -2.34. The third kappa shape index (κ3) is 5.92. The van der Waals surface area contributed by atoms with Gasteiger partial charge < -0.3 is 14.9 Å². The number of halogens is 1. The molecule has 0 spiro atoms. The van der Waals surface area contributed by atoms with Crippen LogP contribution in [0.3, 0.4) is 0 Å². The van der Waals surface area contributed by atoms with Gasteiger partial charge in [0.1, 0.15) is 17.7 Å². The Hall–Kier alpha value is -3.35. The highest BCUT2D eigenvalue weighted by molar-refractivity contribution is 5.92. The molecule has 0 fully saturated rings. The van der Waals surface area contributed by atoms with Gasteiger partial charge in [-0.05, 0) is 61.1 Å². The Kier molecular flexibility index (Phi) is 8.09. The summed E-state index contributed by atoms with van der Waals surface area (Å²) >= 11 is 0. The maximum Gasteiger partial charge on any atom is 0.409 e. The second kappa shape index (κ2) is 11.0. The predicted octanol–water partition coefficient (Wildman–Crippen LogP) is 6.20. The number of aryl methyl sites for hydroxylation is 1. The van der Waals surface area contributed by atoms with Crippen molar-refractivity contribution in [3.63, 3.8) is 0 Å². The molecule has 3 rings (SSSR count).